The van der Waals surface area contributed by atoms with Crippen LogP contribution in [0.2, 0.25) is 0 Å². The summed E-state index contributed by atoms with van der Waals surface area (Å²) in [4.78, 5) is 41.9. The molecule has 0 aliphatic carbocycles. The maximum Gasteiger partial charge on any atom is 0.325 e. The van der Waals surface area contributed by atoms with Crippen LogP contribution in [0, 0.1) is 6.92 Å². The first-order valence-electron chi connectivity index (χ1n) is 10.1. The molecule has 0 bridgehead atoms. The number of benzene rings is 2. The van der Waals surface area contributed by atoms with E-state index in [0.29, 0.717) is 27.9 Å². The van der Waals surface area contributed by atoms with Gasteiger partial charge in [0.25, 0.3) is 5.56 Å². The van der Waals surface area contributed by atoms with Gasteiger partial charge in [-0.3, -0.25) is 19.6 Å². The molecule has 0 spiro atoms. The van der Waals surface area contributed by atoms with Crippen LogP contribution in [-0.4, -0.2) is 26.3 Å². The Morgan fingerprint density at radius 3 is 2.33 bits per heavy atom. The normalized spacial score (nSPS) is 10.6. The molecule has 9 nitrogen and oxygen atoms in total. The van der Waals surface area contributed by atoms with Crippen molar-refractivity contribution in [2.24, 2.45) is 7.05 Å². The summed E-state index contributed by atoms with van der Waals surface area (Å²) in [5.41, 5.74) is 2.40. The van der Waals surface area contributed by atoms with E-state index in [1.165, 1.54) is 16.0 Å². The van der Waals surface area contributed by atoms with Gasteiger partial charge in [0.1, 0.15) is 5.69 Å². The first kappa shape index (κ1) is 22.0. The maximum absolute atomic E-state index is 12.9. The summed E-state index contributed by atoms with van der Waals surface area (Å²) >= 11 is 1.21. The molecule has 3 amide bonds. The van der Waals surface area contributed by atoms with Crippen LogP contribution < -0.4 is 21.5 Å². The van der Waals surface area contributed by atoms with Crippen LogP contribution in [0.1, 0.15) is 11.4 Å². The number of carbonyl (C=O) groups excluding carboxylic acids is 2. The second kappa shape index (κ2) is 9.53. The van der Waals surface area contributed by atoms with Crippen LogP contribution in [-0.2, 0) is 18.3 Å². The average Bonchev–Trinajstić information content (AvgIpc) is 3.32. The number of nitrogens with zero attached hydrogens (tertiary/aromatic N) is 3. The van der Waals surface area contributed by atoms with E-state index < -0.39 is 6.03 Å². The smallest absolute Gasteiger partial charge is 0.320 e. The standard InChI is InChI=1S/C23H22N6O3S/c1-15-20(21(31)29(28(15)2)18-11-7-4-8-12-18)26-19(30)13-17-14-33-23(25-17)27-22(32)24-16-9-5-3-6-10-16/h3-12,14H,13H2,1-2H3,(H,26,30)(H2,24,25,27,32). The van der Waals surface area contributed by atoms with Gasteiger partial charge >= 0.3 is 6.03 Å². The lowest BCUT2D eigenvalue weighted by Gasteiger charge is -2.07. The van der Waals surface area contributed by atoms with Gasteiger partial charge in [0.15, 0.2) is 5.13 Å². The summed E-state index contributed by atoms with van der Waals surface area (Å²) in [6.07, 6.45) is -0.0302. The van der Waals surface area contributed by atoms with Crippen LogP contribution >= 0.6 is 11.3 Å². The number of urea groups is 1. The minimum Gasteiger partial charge on any atom is -0.320 e. The van der Waals surface area contributed by atoms with Gasteiger partial charge in [-0.25, -0.2) is 14.5 Å². The zero-order valence-electron chi connectivity index (χ0n) is 18.0. The van der Waals surface area contributed by atoms with Crippen LogP contribution in [0.15, 0.2) is 70.8 Å². The van der Waals surface area contributed by atoms with Crippen molar-refractivity contribution in [2.75, 3.05) is 16.0 Å². The van der Waals surface area contributed by atoms with Gasteiger partial charge in [0.2, 0.25) is 5.91 Å². The van der Waals surface area contributed by atoms with Crippen molar-refractivity contribution in [3.05, 3.63) is 87.8 Å². The van der Waals surface area contributed by atoms with Crippen molar-refractivity contribution in [3.63, 3.8) is 0 Å². The second-order valence-electron chi connectivity index (χ2n) is 7.25. The minimum atomic E-state index is -0.423. The number of carbonyl (C=O) groups is 2. The number of thiazole rings is 1. The molecule has 3 N–H and O–H groups in total. The fraction of sp³-hybridized carbons (Fsp3) is 0.130. The first-order valence-corrected chi connectivity index (χ1v) is 11.0. The number of nitrogens with one attached hydrogen (secondary N) is 3. The van der Waals surface area contributed by atoms with Crippen molar-refractivity contribution >= 4 is 39.8 Å². The van der Waals surface area contributed by atoms with Gasteiger partial charge in [-0.15, -0.1) is 11.3 Å². The van der Waals surface area contributed by atoms with E-state index in [4.69, 9.17) is 0 Å². The Balaban J connectivity index is 1.41. The molecule has 0 aliphatic heterocycles. The van der Waals surface area contributed by atoms with Crippen LogP contribution in [0.25, 0.3) is 5.69 Å². The number of anilines is 3. The third-order valence-electron chi connectivity index (χ3n) is 4.96. The highest BCUT2D eigenvalue weighted by molar-refractivity contribution is 7.14. The van der Waals surface area contributed by atoms with Crippen molar-refractivity contribution in [1.29, 1.82) is 0 Å². The van der Waals surface area contributed by atoms with Crippen LogP contribution in [0.5, 0.6) is 0 Å². The van der Waals surface area contributed by atoms with Gasteiger partial charge in [-0.05, 0) is 31.2 Å². The molecular formula is C23H22N6O3S. The molecule has 0 fully saturated rings. The summed E-state index contributed by atoms with van der Waals surface area (Å²) in [6.45, 7) is 1.77. The third-order valence-corrected chi connectivity index (χ3v) is 5.77. The highest BCUT2D eigenvalue weighted by atomic mass is 32.1. The monoisotopic (exact) mass is 462 g/mol. The molecule has 0 atom stereocenters. The van der Waals surface area contributed by atoms with Crippen molar-refractivity contribution in [1.82, 2.24) is 14.3 Å². The zero-order valence-corrected chi connectivity index (χ0v) is 18.8. The largest absolute Gasteiger partial charge is 0.325 e. The molecule has 2 aromatic carbocycles. The SMILES string of the molecule is Cc1c(NC(=O)Cc2csc(NC(=O)Nc3ccccc3)n2)c(=O)n(-c2ccccc2)n1C. The van der Waals surface area contributed by atoms with Gasteiger partial charge in [-0.1, -0.05) is 36.4 Å². The molecule has 10 heteroatoms. The van der Waals surface area contributed by atoms with E-state index in [-0.39, 0.29) is 23.6 Å². The van der Waals surface area contributed by atoms with E-state index in [0.717, 1.165) is 0 Å². The zero-order chi connectivity index (χ0) is 23.4. The van der Waals surface area contributed by atoms with Crippen molar-refractivity contribution in [2.45, 2.75) is 13.3 Å². The Morgan fingerprint density at radius 2 is 1.64 bits per heavy atom. The van der Waals surface area contributed by atoms with Crippen molar-refractivity contribution in [3.8, 4) is 5.69 Å². The summed E-state index contributed by atoms with van der Waals surface area (Å²) in [5, 5.41) is 10.1. The maximum atomic E-state index is 12.9. The van der Waals surface area contributed by atoms with E-state index >= 15 is 0 Å². The van der Waals surface area contributed by atoms with Gasteiger partial charge in [0.05, 0.1) is 23.5 Å². The number of hydrogen-bond acceptors (Lipinski definition) is 5. The molecule has 33 heavy (non-hydrogen) atoms. The van der Waals surface area contributed by atoms with E-state index in [1.807, 2.05) is 48.5 Å². The summed E-state index contributed by atoms with van der Waals surface area (Å²) in [7, 11) is 1.76. The van der Waals surface area contributed by atoms with E-state index in [2.05, 4.69) is 20.9 Å². The molecular weight excluding hydrogens is 440 g/mol. The second-order valence-corrected chi connectivity index (χ2v) is 8.11. The molecule has 2 heterocycles. The van der Waals surface area contributed by atoms with Crippen molar-refractivity contribution < 1.29 is 9.59 Å². The molecule has 0 saturated carbocycles. The Bertz CT molecular complexity index is 1340. The summed E-state index contributed by atoms with van der Waals surface area (Å²) in [5.74, 6) is -0.369. The Kier molecular flexibility index (Phi) is 6.36. The highest BCUT2D eigenvalue weighted by Crippen LogP contribution is 2.18. The lowest BCUT2D eigenvalue weighted by Crippen LogP contribution is -2.23. The summed E-state index contributed by atoms with van der Waals surface area (Å²) in [6, 6.07) is 17.8. The molecule has 2 aromatic heterocycles. The highest BCUT2D eigenvalue weighted by Gasteiger charge is 2.19. The minimum absolute atomic E-state index is 0.0302. The topological polar surface area (TPSA) is 110 Å². The molecule has 4 rings (SSSR count). The molecule has 0 aliphatic rings. The molecule has 0 saturated heterocycles. The van der Waals surface area contributed by atoms with Crippen LogP contribution in [0.3, 0.4) is 0 Å². The number of rotatable bonds is 6. The molecule has 168 valence electrons. The molecule has 4 aromatic rings. The van der Waals surface area contributed by atoms with E-state index in [9.17, 15) is 14.4 Å². The average molecular weight is 463 g/mol. The predicted octanol–water partition coefficient (Wildman–Crippen LogP) is 3.77. The first-order chi connectivity index (χ1) is 15.9. The van der Waals surface area contributed by atoms with Crippen LogP contribution in [0.4, 0.5) is 21.3 Å². The number of hydrogen-bond donors (Lipinski definition) is 3. The van der Waals surface area contributed by atoms with Gasteiger partial charge in [-0.2, -0.15) is 0 Å². The predicted molar refractivity (Wildman–Crippen MR) is 129 cm³/mol. The number of para-hydroxylation sites is 2. The number of aromatic nitrogens is 3. The fourth-order valence-corrected chi connectivity index (χ4v) is 3.99. The third kappa shape index (κ3) is 5.01. The lowest BCUT2D eigenvalue weighted by atomic mass is 10.3. The quantitative estimate of drug-likeness (QED) is 0.405. The summed E-state index contributed by atoms with van der Waals surface area (Å²) < 4.78 is 3.20. The Labute approximate surface area is 193 Å². The van der Waals surface area contributed by atoms with Gasteiger partial charge < -0.3 is 10.6 Å². The molecule has 0 unspecified atom stereocenters. The Hall–Kier alpha value is -4.18. The number of amides is 3. The molecule has 0 radical (unpaired) electrons. The Morgan fingerprint density at radius 1 is 0.970 bits per heavy atom. The lowest BCUT2D eigenvalue weighted by molar-refractivity contribution is -0.115. The van der Waals surface area contributed by atoms with Gasteiger partial charge in [0, 0.05) is 18.1 Å². The van der Waals surface area contributed by atoms with E-state index in [1.54, 1.807) is 36.2 Å². The fourth-order valence-electron chi connectivity index (χ4n) is 3.29.